The van der Waals surface area contributed by atoms with Gasteiger partial charge in [0.25, 0.3) is 0 Å². The average Bonchev–Trinajstić information content (AvgIpc) is 2.46. The van der Waals surface area contributed by atoms with Gasteiger partial charge in [0, 0.05) is 20.1 Å². The molecule has 1 amide bonds. The third-order valence-electron chi connectivity index (χ3n) is 4.06. The molecule has 0 bridgehead atoms. The van der Waals surface area contributed by atoms with E-state index in [1.54, 1.807) is 4.90 Å². The fourth-order valence-corrected chi connectivity index (χ4v) is 2.94. The lowest BCUT2D eigenvalue weighted by molar-refractivity contribution is -0.132. The largest absolute Gasteiger partial charge is 0.344 e. The lowest BCUT2D eigenvalue weighted by Gasteiger charge is -2.33. The number of likely N-dealkylation sites (tertiary alicyclic amines) is 1. The molecule has 0 aromatic heterocycles. The summed E-state index contributed by atoms with van der Waals surface area (Å²) in [7, 11) is 4.00. The van der Waals surface area contributed by atoms with Crippen molar-refractivity contribution in [3.05, 3.63) is 35.9 Å². The molecule has 0 aliphatic carbocycles. The number of rotatable bonds is 4. The highest BCUT2D eigenvalue weighted by molar-refractivity contribution is 5.82. The second-order valence-corrected chi connectivity index (χ2v) is 5.88. The molecule has 4 nitrogen and oxygen atoms in total. The Labute approximate surface area is 121 Å². The minimum absolute atomic E-state index is 0.00410. The summed E-state index contributed by atoms with van der Waals surface area (Å²) in [6, 6.07) is 9.03. The van der Waals surface area contributed by atoms with Gasteiger partial charge in [0.2, 0.25) is 5.91 Å². The van der Waals surface area contributed by atoms with Crippen molar-refractivity contribution in [1.29, 1.82) is 0 Å². The highest BCUT2D eigenvalue weighted by Gasteiger charge is 2.24. The fraction of sp³-hybridized carbons (Fsp3) is 0.562. The Morgan fingerprint density at radius 3 is 2.80 bits per heavy atom. The maximum absolute atomic E-state index is 12.4. The van der Waals surface area contributed by atoms with Gasteiger partial charge in [-0.1, -0.05) is 30.3 Å². The molecule has 110 valence electrons. The van der Waals surface area contributed by atoms with Gasteiger partial charge in [-0.2, -0.15) is 0 Å². The molecule has 1 aliphatic heterocycles. The van der Waals surface area contributed by atoms with Crippen molar-refractivity contribution in [1.82, 2.24) is 9.80 Å². The first-order chi connectivity index (χ1) is 9.58. The van der Waals surface area contributed by atoms with Gasteiger partial charge in [-0.25, -0.2) is 0 Å². The Morgan fingerprint density at radius 1 is 1.45 bits per heavy atom. The zero-order chi connectivity index (χ0) is 14.5. The van der Waals surface area contributed by atoms with Crippen LogP contribution in [0, 0.1) is 5.92 Å². The second-order valence-electron chi connectivity index (χ2n) is 5.88. The van der Waals surface area contributed by atoms with Gasteiger partial charge in [-0.3, -0.25) is 4.79 Å². The summed E-state index contributed by atoms with van der Waals surface area (Å²) in [6.45, 7) is 3.03. The third-order valence-corrected chi connectivity index (χ3v) is 4.06. The van der Waals surface area contributed by atoms with Crippen molar-refractivity contribution in [2.75, 3.05) is 33.7 Å². The maximum Gasteiger partial charge on any atom is 0.243 e. The number of carbonyl (C=O) groups excluding carboxylic acids is 1. The number of amides is 1. The van der Waals surface area contributed by atoms with Crippen molar-refractivity contribution < 1.29 is 4.79 Å². The molecule has 1 aliphatic rings. The van der Waals surface area contributed by atoms with E-state index in [9.17, 15) is 4.79 Å². The first kappa shape index (κ1) is 15.0. The zero-order valence-corrected chi connectivity index (χ0v) is 12.5. The zero-order valence-electron chi connectivity index (χ0n) is 12.5. The molecule has 1 fully saturated rings. The van der Waals surface area contributed by atoms with E-state index in [4.69, 9.17) is 5.73 Å². The summed E-state index contributed by atoms with van der Waals surface area (Å²) >= 11 is 0. The summed E-state index contributed by atoms with van der Waals surface area (Å²) in [4.78, 5) is 16.5. The minimum atomic E-state index is -0.553. The average molecular weight is 275 g/mol. The summed E-state index contributed by atoms with van der Waals surface area (Å²) in [5, 5.41) is 0. The predicted octanol–water partition coefficient (Wildman–Crippen LogP) is 1.49. The van der Waals surface area contributed by atoms with Crippen LogP contribution < -0.4 is 5.73 Å². The number of likely N-dealkylation sites (N-methyl/N-ethyl adjacent to an activating group) is 1. The number of benzene rings is 1. The van der Waals surface area contributed by atoms with Crippen LogP contribution in [0.25, 0.3) is 0 Å². The predicted molar refractivity (Wildman–Crippen MR) is 81.2 cm³/mol. The summed E-state index contributed by atoms with van der Waals surface area (Å²) < 4.78 is 0. The number of hydrogen-bond acceptors (Lipinski definition) is 3. The van der Waals surface area contributed by atoms with Crippen LogP contribution in [0.15, 0.2) is 30.3 Å². The minimum Gasteiger partial charge on any atom is -0.344 e. The first-order valence-corrected chi connectivity index (χ1v) is 7.32. The molecule has 1 aromatic carbocycles. The Bertz CT molecular complexity index is 435. The molecule has 2 rings (SSSR count). The van der Waals surface area contributed by atoms with E-state index in [2.05, 4.69) is 11.9 Å². The van der Waals surface area contributed by atoms with Crippen LogP contribution >= 0.6 is 0 Å². The molecule has 1 aromatic rings. The van der Waals surface area contributed by atoms with E-state index in [1.807, 2.05) is 37.4 Å². The van der Waals surface area contributed by atoms with Crippen LogP contribution in [0.4, 0.5) is 0 Å². The molecule has 2 atom stereocenters. The number of nitrogens with zero attached hydrogens (tertiary/aromatic N) is 2. The molecule has 0 saturated carbocycles. The molecule has 1 heterocycles. The Balaban J connectivity index is 1.91. The Hall–Kier alpha value is -1.39. The van der Waals surface area contributed by atoms with Crippen LogP contribution in [-0.2, 0) is 4.79 Å². The molecule has 2 unspecified atom stereocenters. The quantitative estimate of drug-likeness (QED) is 0.905. The van der Waals surface area contributed by atoms with E-state index < -0.39 is 6.04 Å². The molecule has 4 heteroatoms. The van der Waals surface area contributed by atoms with Crippen molar-refractivity contribution in [2.24, 2.45) is 11.7 Å². The molecular weight excluding hydrogens is 250 g/mol. The fourth-order valence-electron chi connectivity index (χ4n) is 2.94. The summed E-state index contributed by atoms with van der Waals surface area (Å²) in [6.07, 6.45) is 2.41. The van der Waals surface area contributed by atoms with Crippen molar-refractivity contribution in [3.63, 3.8) is 0 Å². The van der Waals surface area contributed by atoms with E-state index >= 15 is 0 Å². The third kappa shape index (κ3) is 3.81. The first-order valence-electron chi connectivity index (χ1n) is 7.32. The number of nitrogens with two attached hydrogens (primary N) is 1. The molecule has 2 N–H and O–H groups in total. The SMILES string of the molecule is CN1CCCC(CN(C)C(=O)C(N)c2ccccc2)C1. The van der Waals surface area contributed by atoms with Crippen molar-refractivity contribution in [3.8, 4) is 0 Å². The summed E-state index contributed by atoms with van der Waals surface area (Å²) in [5.41, 5.74) is 6.95. The van der Waals surface area contributed by atoms with Gasteiger partial charge in [-0.15, -0.1) is 0 Å². The molecule has 0 radical (unpaired) electrons. The lowest BCUT2D eigenvalue weighted by Crippen LogP contribution is -2.42. The Morgan fingerprint density at radius 2 is 2.15 bits per heavy atom. The molecular formula is C16H25N3O. The van der Waals surface area contributed by atoms with E-state index in [1.165, 1.54) is 12.8 Å². The van der Waals surface area contributed by atoms with Gasteiger partial charge >= 0.3 is 0 Å². The standard InChI is InChI=1S/C16H25N3O/c1-18-10-6-7-13(11-18)12-19(2)16(20)15(17)14-8-4-3-5-9-14/h3-5,8-9,13,15H,6-7,10-12,17H2,1-2H3. The molecule has 0 spiro atoms. The van der Waals surface area contributed by atoms with E-state index in [0.29, 0.717) is 5.92 Å². The number of carbonyl (C=O) groups is 1. The van der Waals surface area contributed by atoms with Crippen LogP contribution in [-0.4, -0.2) is 49.4 Å². The number of hydrogen-bond donors (Lipinski definition) is 1. The normalized spacial score (nSPS) is 21.4. The summed E-state index contributed by atoms with van der Waals surface area (Å²) in [5.74, 6) is 0.565. The molecule has 1 saturated heterocycles. The topological polar surface area (TPSA) is 49.6 Å². The smallest absolute Gasteiger partial charge is 0.243 e. The van der Waals surface area contributed by atoms with E-state index in [0.717, 1.165) is 25.2 Å². The van der Waals surface area contributed by atoms with Gasteiger partial charge in [-0.05, 0) is 37.9 Å². The molecule has 20 heavy (non-hydrogen) atoms. The Kier molecular flexibility index (Phi) is 5.15. The lowest BCUT2D eigenvalue weighted by atomic mass is 9.97. The highest BCUT2D eigenvalue weighted by atomic mass is 16.2. The van der Waals surface area contributed by atoms with Gasteiger partial charge < -0.3 is 15.5 Å². The van der Waals surface area contributed by atoms with Gasteiger partial charge in [0.1, 0.15) is 6.04 Å². The van der Waals surface area contributed by atoms with Crippen LogP contribution in [0.2, 0.25) is 0 Å². The van der Waals surface area contributed by atoms with Gasteiger partial charge in [0.05, 0.1) is 0 Å². The second kappa shape index (κ2) is 6.86. The van der Waals surface area contributed by atoms with E-state index in [-0.39, 0.29) is 5.91 Å². The monoisotopic (exact) mass is 275 g/mol. The number of piperidine rings is 1. The maximum atomic E-state index is 12.4. The van der Waals surface area contributed by atoms with Crippen LogP contribution in [0.3, 0.4) is 0 Å². The van der Waals surface area contributed by atoms with Crippen LogP contribution in [0.5, 0.6) is 0 Å². The van der Waals surface area contributed by atoms with Gasteiger partial charge in [0.15, 0.2) is 0 Å². The van der Waals surface area contributed by atoms with Crippen molar-refractivity contribution in [2.45, 2.75) is 18.9 Å². The van der Waals surface area contributed by atoms with Crippen LogP contribution in [0.1, 0.15) is 24.4 Å². The van der Waals surface area contributed by atoms with Crippen molar-refractivity contribution >= 4 is 5.91 Å². The highest BCUT2D eigenvalue weighted by Crippen LogP contribution is 2.18.